The van der Waals surface area contributed by atoms with E-state index in [2.05, 4.69) is 26.1 Å². The third-order valence-electron chi connectivity index (χ3n) is 8.90. The van der Waals surface area contributed by atoms with Gasteiger partial charge >= 0.3 is 71.1 Å². The van der Waals surface area contributed by atoms with Crippen molar-refractivity contribution in [2.75, 3.05) is 6.61 Å². The zero-order valence-corrected chi connectivity index (χ0v) is 37.4. The van der Waals surface area contributed by atoms with Gasteiger partial charge in [0.05, 0.1) is 14.4 Å². The first-order valence-corrected chi connectivity index (χ1v) is 20.7. The van der Waals surface area contributed by atoms with Crippen molar-refractivity contribution >= 4 is 25.7 Å². The van der Waals surface area contributed by atoms with Crippen molar-refractivity contribution in [2.24, 2.45) is 0 Å². The van der Waals surface area contributed by atoms with Crippen molar-refractivity contribution in [3.8, 4) is 0 Å². The number of aliphatic hydroxyl groups is 1. The van der Waals surface area contributed by atoms with Crippen molar-refractivity contribution in [1.29, 1.82) is 0 Å². The molecule has 0 aromatic rings. The third-order valence-corrected chi connectivity index (χ3v) is 9.40. The van der Waals surface area contributed by atoms with E-state index < -0.39 is 62.9 Å². The predicted molar refractivity (Wildman–Crippen MR) is 184 cm³/mol. The fourth-order valence-electron chi connectivity index (χ4n) is 6.07. The quantitative estimate of drug-likeness (QED) is 0.0444. The summed E-state index contributed by atoms with van der Waals surface area (Å²) in [6.07, 6.45) is 14.4. The molecular formula is C36H66NNa2O11P. The summed E-state index contributed by atoms with van der Waals surface area (Å²) < 4.78 is 33.7. The molecule has 0 radical (unpaired) electrons. The van der Waals surface area contributed by atoms with E-state index in [-0.39, 0.29) is 78.4 Å². The van der Waals surface area contributed by atoms with Crippen LogP contribution in [0.2, 0.25) is 0 Å². The van der Waals surface area contributed by atoms with Gasteiger partial charge in [0.15, 0.2) is 6.10 Å². The van der Waals surface area contributed by atoms with Gasteiger partial charge in [0.1, 0.15) is 18.2 Å². The fraction of sp³-hybridized carbons (Fsp3) is 0.917. The maximum atomic E-state index is 13.2. The van der Waals surface area contributed by atoms with E-state index in [1.807, 2.05) is 0 Å². The number of hydrogen-bond acceptors (Lipinski definition) is 11. The molecule has 1 heterocycles. The van der Waals surface area contributed by atoms with Gasteiger partial charge in [0.2, 0.25) is 12.2 Å². The summed E-state index contributed by atoms with van der Waals surface area (Å²) in [4.78, 5) is 62.8. The Labute approximate surface area is 352 Å². The number of nitrogens with one attached hydrogen (secondary N) is 1. The van der Waals surface area contributed by atoms with Crippen LogP contribution >= 0.6 is 7.82 Å². The number of carbonyl (C=O) groups is 3. The molecule has 1 fully saturated rings. The standard InChI is InChI=1S/C36H68NO11P.2Na/c1-4-7-10-13-16-19-22-25-30(39)37-33-35(46-31(40)26-23-20-17-14-11-8-5-2)34(48-49(42,43)44)29(28-38)45-36(33)47-32(41)27-24-21-18-15-12-9-6-3;;/h29,33-36,38H,4-28H2,1-3H3,(H,37,39)(H2,42,43,44);;/q;2*+1/p-2/t29-,33-,34-,35-,36+;;/m1../s1. The van der Waals surface area contributed by atoms with Crippen molar-refractivity contribution in [1.82, 2.24) is 5.32 Å². The van der Waals surface area contributed by atoms with E-state index in [4.69, 9.17) is 18.7 Å². The van der Waals surface area contributed by atoms with Crippen LogP contribution in [0.4, 0.5) is 0 Å². The minimum Gasteiger partial charge on any atom is -0.790 e. The van der Waals surface area contributed by atoms with E-state index in [1.165, 1.54) is 6.42 Å². The number of phosphoric ester groups is 1. The summed E-state index contributed by atoms with van der Waals surface area (Å²) in [5.41, 5.74) is 0. The van der Waals surface area contributed by atoms with Crippen LogP contribution in [0.25, 0.3) is 0 Å². The number of amides is 1. The molecule has 1 rings (SSSR count). The van der Waals surface area contributed by atoms with E-state index in [0.717, 1.165) is 109 Å². The molecule has 12 nitrogen and oxygen atoms in total. The Balaban J connectivity index is 0. The van der Waals surface area contributed by atoms with E-state index in [1.54, 1.807) is 0 Å². The summed E-state index contributed by atoms with van der Waals surface area (Å²) >= 11 is 0. The van der Waals surface area contributed by atoms with Crippen molar-refractivity contribution in [2.45, 2.75) is 206 Å². The molecule has 1 saturated heterocycles. The number of esters is 2. The van der Waals surface area contributed by atoms with Crippen LogP contribution in [-0.2, 0) is 37.7 Å². The average Bonchev–Trinajstić information content (AvgIpc) is 3.05. The minimum atomic E-state index is -5.68. The predicted octanol–water partition coefficient (Wildman–Crippen LogP) is 0.287. The van der Waals surface area contributed by atoms with E-state index >= 15 is 0 Å². The molecule has 0 aliphatic carbocycles. The SMILES string of the molecule is CCCCCCCCCC(=O)N[C@H]1[C@H](OC(=O)CCCCCCCCC)O[C@H](CO)[C@@H](OP(=O)([O-])[O-])[C@@H]1OC(=O)CCCCCCCCC.[Na+].[Na+]. The van der Waals surface area contributed by atoms with Crippen molar-refractivity contribution in [3.05, 3.63) is 0 Å². The molecule has 1 aliphatic rings. The van der Waals surface area contributed by atoms with Crippen LogP contribution in [0.5, 0.6) is 0 Å². The number of unbranched alkanes of at least 4 members (excludes halogenated alkanes) is 18. The second-order valence-corrected chi connectivity index (χ2v) is 14.5. The van der Waals surface area contributed by atoms with Gasteiger partial charge in [-0.15, -0.1) is 0 Å². The second-order valence-electron chi connectivity index (χ2n) is 13.4. The van der Waals surface area contributed by atoms with E-state index in [9.17, 15) is 33.8 Å². The molecular weight excluding hydrogens is 699 g/mol. The molecule has 0 unspecified atom stereocenters. The zero-order chi connectivity index (χ0) is 36.3. The smallest absolute Gasteiger partial charge is 0.790 e. The Morgan fingerprint density at radius 2 is 1.02 bits per heavy atom. The summed E-state index contributed by atoms with van der Waals surface area (Å²) in [6, 6.07) is -1.38. The minimum absolute atomic E-state index is 0. The Hall–Kier alpha value is 0.440. The van der Waals surface area contributed by atoms with Crippen LogP contribution in [0.15, 0.2) is 0 Å². The van der Waals surface area contributed by atoms with Gasteiger partial charge in [-0.2, -0.15) is 0 Å². The largest absolute Gasteiger partial charge is 1.00 e. The topological polar surface area (TPSA) is 184 Å². The number of carbonyl (C=O) groups excluding carboxylic acids is 3. The maximum absolute atomic E-state index is 13.2. The summed E-state index contributed by atoms with van der Waals surface area (Å²) in [7, 11) is -5.68. The average molecular weight is 766 g/mol. The summed E-state index contributed by atoms with van der Waals surface area (Å²) in [5.74, 6) is -1.76. The van der Waals surface area contributed by atoms with Gasteiger partial charge in [-0.1, -0.05) is 136 Å². The van der Waals surface area contributed by atoms with E-state index in [0.29, 0.717) is 19.3 Å². The first kappa shape index (κ1) is 53.5. The summed E-state index contributed by atoms with van der Waals surface area (Å²) in [5, 5.41) is 12.8. The Morgan fingerprint density at radius 3 is 1.43 bits per heavy atom. The molecule has 51 heavy (non-hydrogen) atoms. The molecule has 2 N–H and O–H groups in total. The molecule has 288 valence electrons. The van der Waals surface area contributed by atoms with Gasteiger partial charge in [0, 0.05) is 19.3 Å². The zero-order valence-electron chi connectivity index (χ0n) is 32.5. The third kappa shape index (κ3) is 26.8. The molecule has 0 bridgehead atoms. The van der Waals surface area contributed by atoms with Gasteiger partial charge in [-0.3, -0.25) is 14.4 Å². The first-order valence-electron chi connectivity index (χ1n) is 19.2. The van der Waals surface area contributed by atoms with Crippen LogP contribution in [0.3, 0.4) is 0 Å². The fourth-order valence-corrected chi connectivity index (χ4v) is 6.63. The molecule has 15 heteroatoms. The van der Waals surface area contributed by atoms with Gasteiger partial charge in [-0.05, 0) is 19.3 Å². The van der Waals surface area contributed by atoms with Crippen LogP contribution < -0.4 is 74.2 Å². The maximum Gasteiger partial charge on any atom is 1.00 e. The number of ether oxygens (including phenoxy) is 3. The Morgan fingerprint density at radius 1 is 0.627 bits per heavy atom. The second kappa shape index (κ2) is 33.8. The monoisotopic (exact) mass is 765 g/mol. The Bertz CT molecular complexity index is 943. The van der Waals surface area contributed by atoms with Crippen molar-refractivity contribution in [3.63, 3.8) is 0 Å². The molecule has 0 saturated carbocycles. The molecule has 1 amide bonds. The number of rotatable bonds is 30. The Kier molecular flexibility index (Phi) is 35.4. The van der Waals surface area contributed by atoms with Gasteiger partial charge in [-0.25, -0.2) is 0 Å². The number of phosphoric acid groups is 1. The molecule has 5 atom stereocenters. The molecule has 1 aliphatic heterocycles. The van der Waals surface area contributed by atoms with Gasteiger partial charge < -0.3 is 43.5 Å². The normalized spacial score (nSPS) is 20.2. The van der Waals surface area contributed by atoms with Crippen LogP contribution in [0, 0.1) is 0 Å². The summed E-state index contributed by atoms with van der Waals surface area (Å²) in [6.45, 7) is 5.59. The number of aliphatic hydroxyl groups excluding tert-OH is 1. The molecule has 0 aromatic heterocycles. The molecule has 0 spiro atoms. The van der Waals surface area contributed by atoms with Gasteiger partial charge in [0.25, 0.3) is 0 Å². The molecule has 0 aromatic carbocycles. The van der Waals surface area contributed by atoms with Crippen LogP contribution in [-0.4, -0.2) is 60.2 Å². The first-order chi connectivity index (χ1) is 23.6. The van der Waals surface area contributed by atoms with Crippen LogP contribution in [0.1, 0.15) is 175 Å². The number of hydrogen-bond donors (Lipinski definition) is 2. The van der Waals surface area contributed by atoms with Crippen molar-refractivity contribution < 1.29 is 112 Å².